The molecule has 0 atom stereocenters. The third kappa shape index (κ3) is 3.92. The molecule has 0 saturated carbocycles. The molecule has 1 aliphatic heterocycles. The number of nitrogens with zero attached hydrogens (tertiary/aromatic N) is 1. The second-order valence-electron chi connectivity index (χ2n) is 6.03. The topological polar surface area (TPSA) is 58.4 Å². The first kappa shape index (κ1) is 17.3. The van der Waals surface area contributed by atoms with Crippen LogP contribution in [0.3, 0.4) is 0 Å². The molecule has 4 nitrogen and oxygen atoms in total. The summed E-state index contributed by atoms with van der Waals surface area (Å²) in [4.78, 5) is 15.7. The van der Waals surface area contributed by atoms with Crippen LogP contribution in [0.25, 0.3) is 0 Å². The van der Waals surface area contributed by atoms with E-state index in [1.54, 1.807) is 6.07 Å². The zero-order valence-corrected chi connectivity index (χ0v) is 15.1. The molecule has 0 radical (unpaired) electrons. The van der Waals surface area contributed by atoms with Gasteiger partial charge in [0.15, 0.2) is 0 Å². The van der Waals surface area contributed by atoms with Crippen LogP contribution in [0.15, 0.2) is 41.3 Å². The Morgan fingerprint density at radius 2 is 2.17 bits per heavy atom. The molecule has 3 N–H and O–H groups in total. The number of fused-ring (bicyclic) bond motifs is 1. The lowest BCUT2D eigenvalue weighted by Crippen LogP contribution is -2.27. The number of carbonyl (C=O) groups is 1. The van der Waals surface area contributed by atoms with Gasteiger partial charge >= 0.3 is 0 Å². The quantitative estimate of drug-likeness (QED) is 0.818. The van der Waals surface area contributed by atoms with E-state index in [1.165, 1.54) is 23.1 Å². The Morgan fingerprint density at radius 1 is 1.38 bits per heavy atom. The van der Waals surface area contributed by atoms with Gasteiger partial charge in [0, 0.05) is 28.7 Å². The average molecular weight is 362 g/mol. The third-order valence-corrected chi connectivity index (χ3v) is 5.19. The fourth-order valence-corrected chi connectivity index (χ4v) is 3.77. The van der Waals surface area contributed by atoms with Crippen LogP contribution in [0.1, 0.15) is 16.7 Å². The zero-order valence-electron chi connectivity index (χ0n) is 13.5. The van der Waals surface area contributed by atoms with Crippen LogP contribution in [-0.4, -0.2) is 24.4 Å². The lowest BCUT2D eigenvalue weighted by Gasteiger charge is -2.27. The van der Waals surface area contributed by atoms with Crippen LogP contribution in [-0.2, 0) is 24.2 Å². The third-order valence-electron chi connectivity index (χ3n) is 4.20. The number of anilines is 1. The van der Waals surface area contributed by atoms with E-state index in [0.29, 0.717) is 5.02 Å². The molecule has 1 amide bonds. The molecule has 2 aromatic rings. The Bertz CT molecular complexity index is 766. The highest BCUT2D eigenvalue weighted by Gasteiger charge is 2.18. The van der Waals surface area contributed by atoms with Gasteiger partial charge < -0.3 is 10.2 Å². The Morgan fingerprint density at radius 3 is 2.92 bits per heavy atom. The molecule has 0 aliphatic carbocycles. The minimum Gasteiger partial charge on any atom is -0.326 e. The van der Waals surface area contributed by atoms with E-state index in [2.05, 4.69) is 23.3 Å². The molecule has 0 spiro atoms. The zero-order chi connectivity index (χ0) is 17.1. The molecule has 0 bridgehead atoms. The van der Waals surface area contributed by atoms with E-state index in [1.807, 2.05) is 24.3 Å². The second kappa shape index (κ2) is 7.57. The van der Waals surface area contributed by atoms with Crippen LogP contribution in [0.4, 0.5) is 5.69 Å². The number of nitrogens with two attached hydrogens (primary N) is 1. The van der Waals surface area contributed by atoms with Crippen molar-refractivity contribution in [2.24, 2.45) is 5.14 Å². The molecule has 3 rings (SSSR count). The second-order valence-corrected chi connectivity index (χ2v) is 7.12. The van der Waals surface area contributed by atoms with Crippen molar-refractivity contribution in [1.29, 1.82) is 0 Å². The van der Waals surface area contributed by atoms with E-state index in [4.69, 9.17) is 16.7 Å². The fourth-order valence-electron chi connectivity index (χ4n) is 3.00. The number of nitrogens with one attached hydrogen (secondary N) is 1. The maximum Gasteiger partial charge on any atom is 0.228 e. The van der Waals surface area contributed by atoms with Crippen molar-refractivity contribution >= 4 is 35.1 Å². The summed E-state index contributed by atoms with van der Waals surface area (Å²) in [6.45, 7) is 1.90. The number of hydrogen-bond donors (Lipinski definition) is 2. The molecule has 0 unspecified atom stereocenters. The maximum absolute atomic E-state index is 12.3. The Balaban J connectivity index is 1.78. The minimum absolute atomic E-state index is 0.0832. The molecular weight excluding hydrogens is 342 g/mol. The van der Waals surface area contributed by atoms with Crippen molar-refractivity contribution in [3.63, 3.8) is 0 Å². The molecule has 126 valence electrons. The van der Waals surface area contributed by atoms with Crippen LogP contribution in [0, 0.1) is 0 Å². The number of benzene rings is 2. The first-order chi connectivity index (χ1) is 11.6. The van der Waals surface area contributed by atoms with Gasteiger partial charge in [0.2, 0.25) is 5.91 Å². The SMILES string of the molecule is CN1CCc2c(cc(NC(=O)Cc3ccccc3Cl)cc2SN)C1. The number of amides is 1. The van der Waals surface area contributed by atoms with Gasteiger partial charge in [-0.05, 0) is 60.3 Å². The predicted octanol–water partition coefficient (Wildman–Crippen LogP) is 3.47. The number of likely N-dealkylation sites (N-methyl/N-ethyl adjacent to an activating group) is 1. The first-order valence-corrected chi connectivity index (χ1v) is 9.07. The lowest BCUT2D eigenvalue weighted by molar-refractivity contribution is -0.115. The smallest absolute Gasteiger partial charge is 0.228 e. The predicted molar refractivity (Wildman–Crippen MR) is 100 cm³/mol. The molecule has 6 heteroatoms. The number of carbonyl (C=O) groups excluding carboxylic acids is 1. The Hall–Kier alpha value is -1.53. The molecule has 0 saturated heterocycles. The highest BCUT2D eigenvalue weighted by Crippen LogP contribution is 2.30. The van der Waals surface area contributed by atoms with Crippen LogP contribution < -0.4 is 10.5 Å². The van der Waals surface area contributed by atoms with E-state index < -0.39 is 0 Å². The van der Waals surface area contributed by atoms with Crippen molar-refractivity contribution in [3.05, 3.63) is 58.1 Å². The van der Waals surface area contributed by atoms with Crippen molar-refractivity contribution in [1.82, 2.24) is 4.90 Å². The summed E-state index contributed by atoms with van der Waals surface area (Å²) in [5.41, 5.74) is 4.13. The van der Waals surface area contributed by atoms with E-state index in [9.17, 15) is 4.79 Å². The summed E-state index contributed by atoms with van der Waals surface area (Å²) in [6.07, 6.45) is 1.24. The highest BCUT2D eigenvalue weighted by molar-refractivity contribution is 7.97. The van der Waals surface area contributed by atoms with Gasteiger partial charge in [0.25, 0.3) is 0 Å². The summed E-state index contributed by atoms with van der Waals surface area (Å²) in [5, 5.41) is 9.41. The van der Waals surface area contributed by atoms with Gasteiger partial charge in [-0.2, -0.15) is 0 Å². The Labute approximate surface area is 151 Å². The lowest BCUT2D eigenvalue weighted by atomic mass is 9.99. The van der Waals surface area contributed by atoms with Crippen LogP contribution in [0.5, 0.6) is 0 Å². The Kier molecular flexibility index (Phi) is 5.46. The van der Waals surface area contributed by atoms with E-state index in [0.717, 1.165) is 35.7 Å². The van der Waals surface area contributed by atoms with Gasteiger partial charge in [-0.1, -0.05) is 29.8 Å². The molecule has 1 heterocycles. The number of rotatable bonds is 4. The van der Waals surface area contributed by atoms with Crippen molar-refractivity contribution in [2.45, 2.75) is 24.3 Å². The number of halogens is 1. The van der Waals surface area contributed by atoms with Crippen molar-refractivity contribution in [3.8, 4) is 0 Å². The van der Waals surface area contributed by atoms with Crippen LogP contribution >= 0.6 is 23.5 Å². The number of hydrogen-bond acceptors (Lipinski definition) is 4. The van der Waals surface area contributed by atoms with Gasteiger partial charge in [-0.15, -0.1) is 0 Å². The summed E-state index contributed by atoms with van der Waals surface area (Å²) >= 11 is 7.37. The molecule has 2 aromatic carbocycles. The molecular formula is C18H20ClN3OS. The maximum atomic E-state index is 12.3. The van der Waals surface area contributed by atoms with Gasteiger partial charge in [0.1, 0.15) is 0 Å². The monoisotopic (exact) mass is 361 g/mol. The van der Waals surface area contributed by atoms with Gasteiger partial charge in [0.05, 0.1) is 6.42 Å². The molecule has 1 aliphatic rings. The van der Waals surface area contributed by atoms with Crippen molar-refractivity contribution < 1.29 is 4.79 Å². The first-order valence-electron chi connectivity index (χ1n) is 7.81. The van der Waals surface area contributed by atoms with Gasteiger partial charge in [-0.25, -0.2) is 0 Å². The minimum atomic E-state index is -0.0832. The van der Waals surface area contributed by atoms with Crippen molar-refractivity contribution in [2.75, 3.05) is 18.9 Å². The normalized spacial score (nSPS) is 14.3. The van der Waals surface area contributed by atoms with E-state index >= 15 is 0 Å². The van der Waals surface area contributed by atoms with Gasteiger partial charge in [-0.3, -0.25) is 9.93 Å². The molecule has 0 aromatic heterocycles. The molecule has 0 fully saturated rings. The standard InChI is InChI=1S/C18H20ClN3OS/c1-22-7-6-15-13(11-22)8-14(10-17(15)24-20)21-18(23)9-12-4-2-3-5-16(12)19/h2-5,8,10H,6-7,9,11,20H2,1H3,(H,21,23). The fraction of sp³-hybridized carbons (Fsp3) is 0.278. The average Bonchev–Trinajstić information content (AvgIpc) is 2.55. The summed E-state index contributed by atoms with van der Waals surface area (Å²) in [5.74, 6) is -0.0832. The largest absolute Gasteiger partial charge is 0.326 e. The summed E-state index contributed by atoms with van der Waals surface area (Å²) in [6, 6.07) is 11.4. The summed E-state index contributed by atoms with van der Waals surface area (Å²) in [7, 11) is 2.10. The van der Waals surface area contributed by atoms with E-state index in [-0.39, 0.29) is 12.3 Å². The molecule has 24 heavy (non-hydrogen) atoms. The summed E-state index contributed by atoms with van der Waals surface area (Å²) < 4.78 is 0. The van der Waals surface area contributed by atoms with Crippen LogP contribution in [0.2, 0.25) is 5.02 Å². The highest BCUT2D eigenvalue weighted by atomic mass is 35.5.